The molecule has 1 amide bonds. The second-order valence-electron chi connectivity index (χ2n) is 2.70. The number of carbonyl (C=O) groups excluding carboxylic acids is 1. The van der Waals surface area contributed by atoms with Crippen LogP contribution >= 0.6 is 0 Å². The number of rotatable bonds is 4. The number of hydrogen-bond donors (Lipinski definition) is 2. The van der Waals surface area contributed by atoms with Crippen molar-refractivity contribution in [2.24, 2.45) is 5.73 Å². The Bertz CT molecular complexity index is 125. The summed E-state index contributed by atoms with van der Waals surface area (Å²) in [4.78, 5) is 10.8. The minimum atomic E-state index is -0.519. The Balaban J connectivity index is 4.08. The second-order valence-corrected chi connectivity index (χ2v) is 2.70. The van der Waals surface area contributed by atoms with Crippen molar-refractivity contribution >= 4 is 5.91 Å². The maximum atomic E-state index is 10.8. The summed E-state index contributed by atoms with van der Waals surface area (Å²) < 4.78 is 0. The molecule has 0 saturated heterocycles. The average Bonchev–Trinajstić information content (AvgIpc) is 1.88. The largest absolute Gasteiger partial charge is 0.368 e. The van der Waals surface area contributed by atoms with Crippen LogP contribution in [0.1, 0.15) is 26.7 Å². The molecule has 0 aliphatic rings. The standard InChI is InChI=1S/C7H16N2O/c1-4-5-7(2,9-3)6(8)10/h9H,4-5H2,1-3H3,(H2,8,10). The van der Waals surface area contributed by atoms with Gasteiger partial charge in [-0.25, -0.2) is 0 Å². The number of primary amides is 1. The van der Waals surface area contributed by atoms with E-state index in [1.54, 1.807) is 7.05 Å². The fourth-order valence-corrected chi connectivity index (χ4v) is 0.871. The smallest absolute Gasteiger partial charge is 0.237 e. The zero-order valence-electron chi connectivity index (χ0n) is 6.90. The summed E-state index contributed by atoms with van der Waals surface area (Å²) in [6, 6.07) is 0. The number of nitrogens with one attached hydrogen (secondary N) is 1. The van der Waals surface area contributed by atoms with Gasteiger partial charge in [0.15, 0.2) is 0 Å². The summed E-state index contributed by atoms with van der Waals surface area (Å²) in [6.07, 6.45) is 1.75. The van der Waals surface area contributed by atoms with E-state index in [0.29, 0.717) is 0 Å². The van der Waals surface area contributed by atoms with E-state index in [0.717, 1.165) is 12.8 Å². The number of amides is 1. The maximum Gasteiger partial charge on any atom is 0.237 e. The van der Waals surface area contributed by atoms with Crippen LogP contribution in [-0.4, -0.2) is 18.5 Å². The summed E-state index contributed by atoms with van der Waals surface area (Å²) in [7, 11) is 1.75. The van der Waals surface area contributed by atoms with Crippen molar-refractivity contribution in [2.45, 2.75) is 32.2 Å². The van der Waals surface area contributed by atoms with Gasteiger partial charge in [0, 0.05) is 0 Å². The van der Waals surface area contributed by atoms with E-state index in [9.17, 15) is 4.79 Å². The van der Waals surface area contributed by atoms with Crippen LogP contribution in [0.4, 0.5) is 0 Å². The van der Waals surface area contributed by atoms with Gasteiger partial charge in [-0.2, -0.15) is 0 Å². The molecule has 0 aromatic rings. The van der Waals surface area contributed by atoms with Crippen molar-refractivity contribution in [3.63, 3.8) is 0 Å². The van der Waals surface area contributed by atoms with E-state index >= 15 is 0 Å². The Kier molecular flexibility index (Phi) is 3.36. The monoisotopic (exact) mass is 144 g/mol. The summed E-state index contributed by atoms with van der Waals surface area (Å²) >= 11 is 0. The molecule has 0 spiro atoms. The summed E-state index contributed by atoms with van der Waals surface area (Å²) in [5.74, 6) is -0.281. The van der Waals surface area contributed by atoms with Crippen LogP contribution in [0.3, 0.4) is 0 Å². The zero-order valence-corrected chi connectivity index (χ0v) is 6.90. The predicted molar refractivity (Wildman–Crippen MR) is 41.6 cm³/mol. The van der Waals surface area contributed by atoms with Gasteiger partial charge in [-0.3, -0.25) is 4.79 Å². The highest BCUT2D eigenvalue weighted by molar-refractivity contribution is 5.84. The molecule has 1 unspecified atom stereocenters. The lowest BCUT2D eigenvalue weighted by atomic mass is 9.96. The molecule has 60 valence electrons. The minimum Gasteiger partial charge on any atom is -0.368 e. The lowest BCUT2D eigenvalue weighted by Crippen LogP contribution is -2.51. The molecule has 3 heteroatoms. The van der Waals surface area contributed by atoms with Crippen LogP contribution in [0, 0.1) is 0 Å². The molecule has 0 aromatic carbocycles. The van der Waals surface area contributed by atoms with Gasteiger partial charge >= 0.3 is 0 Å². The third kappa shape index (κ3) is 1.99. The molecule has 0 aliphatic carbocycles. The van der Waals surface area contributed by atoms with Gasteiger partial charge in [0.1, 0.15) is 0 Å². The average molecular weight is 144 g/mol. The van der Waals surface area contributed by atoms with E-state index in [2.05, 4.69) is 5.32 Å². The molecule has 0 aromatic heterocycles. The highest BCUT2D eigenvalue weighted by Crippen LogP contribution is 2.09. The van der Waals surface area contributed by atoms with E-state index in [1.165, 1.54) is 0 Å². The first kappa shape index (κ1) is 9.43. The molecule has 0 bridgehead atoms. The van der Waals surface area contributed by atoms with Crippen molar-refractivity contribution in [3.05, 3.63) is 0 Å². The molecule has 10 heavy (non-hydrogen) atoms. The molecule has 3 N–H and O–H groups in total. The quantitative estimate of drug-likeness (QED) is 0.594. The first-order valence-electron chi connectivity index (χ1n) is 3.55. The Labute approximate surface area is 62.0 Å². The zero-order chi connectivity index (χ0) is 8.20. The minimum absolute atomic E-state index is 0.281. The summed E-state index contributed by atoms with van der Waals surface area (Å²) in [6.45, 7) is 3.84. The molecule has 0 radical (unpaired) electrons. The third-order valence-corrected chi connectivity index (χ3v) is 1.85. The van der Waals surface area contributed by atoms with Gasteiger partial charge in [0.2, 0.25) is 5.91 Å². The molecule has 0 fully saturated rings. The highest BCUT2D eigenvalue weighted by atomic mass is 16.1. The van der Waals surface area contributed by atoms with Crippen molar-refractivity contribution in [2.75, 3.05) is 7.05 Å². The molecule has 0 saturated carbocycles. The molecule has 0 heterocycles. The van der Waals surface area contributed by atoms with Gasteiger partial charge in [-0.1, -0.05) is 13.3 Å². The number of hydrogen-bond acceptors (Lipinski definition) is 2. The lowest BCUT2D eigenvalue weighted by molar-refractivity contribution is -0.123. The Morgan fingerprint density at radius 3 is 2.30 bits per heavy atom. The fourth-order valence-electron chi connectivity index (χ4n) is 0.871. The number of nitrogens with two attached hydrogens (primary N) is 1. The molecule has 3 nitrogen and oxygen atoms in total. The van der Waals surface area contributed by atoms with Crippen LogP contribution < -0.4 is 11.1 Å². The topological polar surface area (TPSA) is 55.1 Å². The number of carbonyl (C=O) groups is 1. The molecule has 1 atom stereocenters. The van der Waals surface area contributed by atoms with Crippen LogP contribution in [0.5, 0.6) is 0 Å². The first-order chi connectivity index (χ1) is 4.56. The van der Waals surface area contributed by atoms with Crippen molar-refractivity contribution < 1.29 is 4.79 Å². The SMILES string of the molecule is CCCC(C)(NC)C(N)=O. The van der Waals surface area contributed by atoms with Crippen molar-refractivity contribution in [1.29, 1.82) is 0 Å². The molecular formula is C7H16N2O. The van der Waals surface area contributed by atoms with Gasteiger partial charge < -0.3 is 11.1 Å². The predicted octanol–water partition coefficient (Wildman–Crippen LogP) is 0.250. The Morgan fingerprint density at radius 2 is 2.20 bits per heavy atom. The van der Waals surface area contributed by atoms with Crippen LogP contribution in [0.2, 0.25) is 0 Å². The summed E-state index contributed by atoms with van der Waals surface area (Å²) in [5.41, 5.74) is 4.65. The van der Waals surface area contributed by atoms with Crippen LogP contribution in [0.15, 0.2) is 0 Å². The van der Waals surface area contributed by atoms with E-state index in [1.807, 2.05) is 13.8 Å². The third-order valence-electron chi connectivity index (χ3n) is 1.85. The van der Waals surface area contributed by atoms with Crippen molar-refractivity contribution in [1.82, 2.24) is 5.32 Å². The van der Waals surface area contributed by atoms with Crippen LogP contribution in [0.25, 0.3) is 0 Å². The lowest BCUT2D eigenvalue weighted by Gasteiger charge is -2.24. The van der Waals surface area contributed by atoms with E-state index in [-0.39, 0.29) is 5.91 Å². The van der Waals surface area contributed by atoms with Crippen molar-refractivity contribution in [3.8, 4) is 0 Å². The van der Waals surface area contributed by atoms with Gasteiger partial charge in [0.05, 0.1) is 5.54 Å². The molecule has 0 aliphatic heterocycles. The maximum absolute atomic E-state index is 10.8. The Morgan fingerprint density at radius 1 is 1.70 bits per heavy atom. The highest BCUT2D eigenvalue weighted by Gasteiger charge is 2.26. The van der Waals surface area contributed by atoms with Gasteiger partial charge in [-0.05, 0) is 20.4 Å². The normalized spacial score (nSPS) is 16.3. The first-order valence-corrected chi connectivity index (χ1v) is 3.55. The molecule has 0 rings (SSSR count). The summed E-state index contributed by atoms with van der Waals surface area (Å²) in [5, 5.41) is 2.90. The fraction of sp³-hybridized carbons (Fsp3) is 0.857. The number of likely N-dealkylation sites (N-methyl/N-ethyl adjacent to an activating group) is 1. The molecular weight excluding hydrogens is 128 g/mol. The Hall–Kier alpha value is -0.570. The van der Waals surface area contributed by atoms with E-state index in [4.69, 9.17) is 5.73 Å². The van der Waals surface area contributed by atoms with E-state index < -0.39 is 5.54 Å². The van der Waals surface area contributed by atoms with Gasteiger partial charge in [-0.15, -0.1) is 0 Å². The van der Waals surface area contributed by atoms with Crippen LogP contribution in [-0.2, 0) is 4.79 Å². The second kappa shape index (κ2) is 3.56. The van der Waals surface area contributed by atoms with Gasteiger partial charge in [0.25, 0.3) is 0 Å².